The van der Waals surface area contributed by atoms with E-state index in [1.807, 2.05) is 43.3 Å². The Morgan fingerprint density at radius 3 is 2.45 bits per heavy atom. The second-order valence-electron chi connectivity index (χ2n) is 7.64. The molecule has 3 aromatic carbocycles. The van der Waals surface area contributed by atoms with E-state index in [-0.39, 0.29) is 17.5 Å². The van der Waals surface area contributed by atoms with Gasteiger partial charge >= 0.3 is 0 Å². The summed E-state index contributed by atoms with van der Waals surface area (Å²) in [6, 6.07) is 21.9. The van der Waals surface area contributed by atoms with Crippen molar-refractivity contribution < 1.29 is 9.59 Å². The second-order valence-corrected chi connectivity index (χ2v) is 8.07. The highest BCUT2D eigenvalue weighted by Gasteiger charge is 2.15. The number of carbonyl (C=O) groups is 2. The second kappa shape index (κ2) is 10.1. The maximum Gasteiger partial charge on any atom is 0.267 e. The van der Waals surface area contributed by atoms with Gasteiger partial charge in [-0.3, -0.25) is 9.59 Å². The van der Waals surface area contributed by atoms with Crippen molar-refractivity contribution in [2.24, 2.45) is 0 Å². The molecule has 33 heavy (non-hydrogen) atoms. The maximum atomic E-state index is 12.9. The molecule has 0 aliphatic heterocycles. The number of imidazole rings is 1. The Bertz CT molecular complexity index is 1280. The van der Waals surface area contributed by atoms with Crippen LogP contribution in [-0.2, 0) is 11.2 Å². The number of aromatic amines is 1. The molecule has 0 fully saturated rings. The van der Waals surface area contributed by atoms with Crippen molar-refractivity contribution in [3.8, 4) is 0 Å². The van der Waals surface area contributed by atoms with E-state index in [2.05, 4.69) is 20.6 Å². The van der Waals surface area contributed by atoms with Crippen LogP contribution in [0.3, 0.4) is 0 Å². The van der Waals surface area contributed by atoms with Gasteiger partial charge in [-0.05, 0) is 55.0 Å². The third-order valence-electron chi connectivity index (χ3n) is 5.07. The lowest BCUT2D eigenvalue weighted by molar-refractivity contribution is -0.117. The van der Waals surface area contributed by atoms with Crippen LogP contribution in [0.1, 0.15) is 27.3 Å². The van der Waals surface area contributed by atoms with Crippen LogP contribution in [-0.4, -0.2) is 28.3 Å². The highest BCUT2D eigenvalue weighted by molar-refractivity contribution is 6.30. The fourth-order valence-corrected chi connectivity index (χ4v) is 3.42. The SMILES string of the molecule is Cc1ccc(C(=O)N/C(=C\c2ccc(Cl)cc2)C(=O)NCCc2nc3ccccc3[nH]2)cc1. The van der Waals surface area contributed by atoms with E-state index in [0.717, 1.165) is 28.0 Å². The molecule has 0 spiro atoms. The molecule has 7 heteroatoms. The summed E-state index contributed by atoms with van der Waals surface area (Å²) < 4.78 is 0. The van der Waals surface area contributed by atoms with Crippen LogP contribution in [0.15, 0.2) is 78.5 Å². The van der Waals surface area contributed by atoms with Crippen molar-refractivity contribution in [2.75, 3.05) is 6.54 Å². The summed E-state index contributed by atoms with van der Waals surface area (Å²) in [6.45, 7) is 2.31. The van der Waals surface area contributed by atoms with Gasteiger partial charge in [0.1, 0.15) is 11.5 Å². The van der Waals surface area contributed by atoms with Crippen LogP contribution >= 0.6 is 11.6 Å². The highest BCUT2D eigenvalue weighted by Crippen LogP contribution is 2.13. The monoisotopic (exact) mass is 458 g/mol. The minimum Gasteiger partial charge on any atom is -0.350 e. The van der Waals surface area contributed by atoms with Gasteiger partial charge in [-0.15, -0.1) is 0 Å². The number of benzene rings is 3. The van der Waals surface area contributed by atoms with Gasteiger partial charge in [0.15, 0.2) is 0 Å². The Morgan fingerprint density at radius 1 is 1.00 bits per heavy atom. The fraction of sp³-hybridized carbons (Fsp3) is 0.115. The predicted octanol–water partition coefficient (Wildman–Crippen LogP) is 4.65. The maximum absolute atomic E-state index is 12.9. The summed E-state index contributed by atoms with van der Waals surface area (Å²) in [4.78, 5) is 33.5. The summed E-state index contributed by atoms with van der Waals surface area (Å²) in [7, 11) is 0. The van der Waals surface area contributed by atoms with Crippen LogP contribution in [0, 0.1) is 6.92 Å². The molecule has 1 aromatic heterocycles. The minimum atomic E-state index is -0.387. The van der Waals surface area contributed by atoms with E-state index in [1.54, 1.807) is 42.5 Å². The molecule has 0 aliphatic rings. The molecule has 0 unspecified atom stereocenters. The number of para-hydroxylation sites is 2. The van der Waals surface area contributed by atoms with Crippen molar-refractivity contribution >= 4 is 40.5 Å². The molecule has 4 rings (SSSR count). The molecule has 0 saturated carbocycles. The van der Waals surface area contributed by atoms with Gasteiger partial charge in [0, 0.05) is 23.6 Å². The molecular weight excluding hydrogens is 436 g/mol. The third-order valence-corrected chi connectivity index (χ3v) is 5.33. The lowest BCUT2D eigenvalue weighted by Crippen LogP contribution is -2.35. The molecule has 4 aromatic rings. The Morgan fingerprint density at radius 2 is 1.73 bits per heavy atom. The van der Waals surface area contributed by atoms with Crippen molar-refractivity contribution in [1.82, 2.24) is 20.6 Å². The average molecular weight is 459 g/mol. The van der Waals surface area contributed by atoms with Gasteiger partial charge in [-0.2, -0.15) is 0 Å². The molecule has 0 aliphatic carbocycles. The van der Waals surface area contributed by atoms with Crippen molar-refractivity contribution in [2.45, 2.75) is 13.3 Å². The average Bonchev–Trinajstić information content (AvgIpc) is 3.23. The van der Waals surface area contributed by atoms with Gasteiger partial charge in [0.05, 0.1) is 11.0 Å². The first-order chi connectivity index (χ1) is 16.0. The number of rotatable bonds is 7. The number of halogens is 1. The van der Waals surface area contributed by atoms with Crippen LogP contribution < -0.4 is 10.6 Å². The number of fused-ring (bicyclic) bond motifs is 1. The Labute approximate surface area is 196 Å². The number of aromatic nitrogens is 2. The topological polar surface area (TPSA) is 86.9 Å². The quantitative estimate of drug-likeness (QED) is 0.352. The largest absolute Gasteiger partial charge is 0.350 e. The van der Waals surface area contributed by atoms with Crippen LogP contribution in [0.25, 0.3) is 17.1 Å². The zero-order valence-electron chi connectivity index (χ0n) is 18.1. The zero-order chi connectivity index (χ0) is 23.2. The highest BCUT2D eigenvalue weighted by atomic mass is 35.5. The number of aryl methyl sites for hydroxylation is 1. The number of carbonyl (C=O) groups excluding carboxylic acids is 2. The fourth-order valence-electron chi connectivity index (χ4n) is 3.30. The summed E-state index contributed by atoms with van der Waals surface area (Å²) in [5.41, 5.74) is 4.24. The predicted molar refractivity (Wildman–Crippen MR) is 131 cm³/mol. The molecule has 0 radical (unpaired) electrons. The standard InChI is InChI=1S/C26H23ClN4O2/c1-17-6-10-19(11-7-17)25(32)31-23(16-18-8-12-20(27)13-9-18)26(33)28-15-14-24-29-21-4-2-3-5-22(21)30-24/h2-13,16H,14-15H2,1H3,(H,28,33)(H,29,30)(H,31,32)/b23-16-. The molecule has 166 valence electrons. The molecule has 1 heterocycles. The molecule has 3 N–H and O–H groups in total. The number of nitrogens with zero attached hydrogens (tertiary/aromatic N) is 1. The Balaban J connectivity index is 1.47. The van der Waals surface area contributed by atoms with Crippen molar-refractivity contribution in [3.63, 3.8) is 0 Å². The number of amides is 2. The first kappa shape index (κ1) is 22.3. The lowest BCUT2D eigenvalue weighted by Gasteiger charge is -2.11. The summed E-state index contributed by atoms with van der Waals surface area (Å²) in [6.07, 6.45) is 2.15. The lowest BCUT2D eigenvalue weighted by atomic mass is 10.1. The van der Waals surface area contributed by atoms with E-state index in [4.69, 9.17) is 11.6 Å². The molecule has 2 amide bonds. The Kier molecular flexibility index (Phi) is 6.86. The van der Waals surface area contributed by atoms with E-state index < -0.39 is 0 Å². The molecule has 0 saturated heterocycles. The van der Waals surface area contributed by atoms with Gasteiger partial charge in [-0.1, -0.05) is 53.6 Å². The summed E-state index contributed by atoms with van der Waals surface area (Å²) in [5.74, 6) is 0.0348. The molecular formula is C26H23ClN4O2. The smallest absolute Gasteiger partial charge is 0.267 e. The number of nitrogens with one attached hydrogen (secondary N) is 3. The van der Waals surface area contributed by atoms with Crippen LogP contribution in [0.5, 0.6) is 0 Å². The minimum absolute atomic E-state index is 0.146. The molecule has 6 nitrogen and oxygen atoms in total. The van der Waals surface area contributed by atoms with E-state index in [1.165, 1.54) is 0 Å². The number of hydrogen-bond acceptors (Lipinski definition) is 3. The third kappa shape index (κ3) is 5.87. The summed E-state index contributed by atoms with van der Waals surface area (Å²) >= 11 is 5.97. The normalized spacial score (nSPS) is 11.4. The van der Waals surface area contributed by atoms with Crippen molar-refractivity contribution in [1.29, 1.82) is 0 Å². The zero-order valence-corrected chi connectivity index (χ0v) is 18.8. The number of H-pyrrole nitrogens is 1. The van der Waals surface area contributed by atoms with Gasteiger partial charge in [-0.25, -0.2) is 4.98 Å². The Hall–Kier alpha value is -3.90. The van der Waals surface area contributed by atoms with E-state index in [9.17, 15) is 9.59 Å². The van der Waals surface area contributed by atoms with Gasteiger partial charge in [0.25, 0.3) is 11.8 Å². The van der Waals surface area contributed by atoms with Crippen molar-refractivity contribution in [3.05, 3.63) is 106 Å². The van der Waals surface area contributed by atoms with E-state index >= 15 is 0 Å². The van der Waals surface area contributed by atoms with Gasteiger partial charge in [0.2, 0.25) is 0 Å². The van der Waals surface area contributed by atoms with Crippen LogP contribution in [0.4, 0.5) is 0 Å². The van der Waals surface area contributed by atoms with Gasteiger partial charge < -0.3 is 15.6 Å². The van der Waals surface area contributed by atoms with E-state index in [0.29, 0.717) is 23.6 Å². The molecule has 0 bridgehead atoms. The first-order valence-corrected chi connectivity index (χ1v) is 10.9. The summed E-state index contributed by atoms with van der Waals surface area (Å²) in [5, 5.41) is 6.20. The van der Waals surface area contributed by atoms with Crippen LogP contribution in [0.2, 0.25) is 5.02 Å². The number of hydrogen-bond donors (Lipinski definition) is 3. The first-order valence-electron chi connectivity index (χ1n) is 10.5. The molecule has 0 atom stereocenters.